The van der Waals surface area contributed by atoms with E-state index in [0.29, 0.717) is 5.82 Å². The molecule has 166 valence electrons. The SMILES string of the molecule is Cc1ccc(C)c(CN2CCOC3(CCN(C(=O)c4nnc5n4CCCC5)CC3)C2)c1. The van der Waals surface area contributed by atoms with Gasteiger partial charge in [-0.2, -0.15) is 0 Å². The molecule has 1 aromatic heterocycles. The van der Waals surface area contributed by atoms with Crippen LogP contribution in [-0.4, -0.2) is 68.9 Å². The van der Waals surface area contributed by atoms with E-state index < -0.39 is 0 Å². The maximum Gasteiger partial charge on any atom is 0.291 e. The largest absolute Gasteiger partial charge is 0.372 e. The monoisotopic (exact) mass is 423 g/mol. The number of amides is 1. The van der Waals surface area contributed by atoms with Crippen LogP contribution in [0.4, 0.5) is 0 Å². The van der Waals surface area contributed by atoms with Crippen molar-refractivity contribution in [3.8, 4) is 0 Å². The summed E-state index contributed by atoms with van der Waals surface area (Å²) in [6.45, 7) is 10.3. The van der Waals surface area contributed by atoms with Crippen molar-refractivity contribution in [1.82, 2.24) is 24.6 Å². The number of carbonyl (C=O) groups excluding carboxylic acids is 1. The number of morpholine rings is 1. The molecule has 0 unspecified atom stereocenters. The number of aromatic nitrogens is 3. The van der Waals surface area contributed by atoms with Crippen molar-refractivity contribution < 1.29 is 9.53 Å². The van der Waals surface area contributed by atoms with Crippen molar-refractivity contribution in [2.24, 2.45) is 0 Å². The molecule has 1 amide bonds. The highest BCUT2D eigenvalue weighted by Crippen LogP contribution is 2.32. The van der Waals surface area contributed by atoms with E-state index in [1.807, 2.05) is 9.47 Å². The van der Waals surface area contributed by atoms with Gasteiger partial charge in [0.2, 0.25) is 5.82 Å². The van der Waals surface area contributed by atoms with Gasteiger partial charge in [-0.3, -0.25) is 9.69 Å². The molecule has 1 spiro atoms. The fraction of sp³-hybridized carbons (Fsp3) is 0.625. The molecule has 0 saturated carbocycles. The summed E-state index contributed by atoms with van der Waals surface area (Å²) in [6.07, 6.45) is 4.91. The van der Waals surface area contributed by atoms with Gasteiger partial charge in [0.25, 0.3) is 5.91 Å². The zero-order chi connectivity index (χ0) is 21.4. The van der Waals surface area contributed by atoms with Gasteiger partial charge in [-0.05, 0) is 50.7 Å². The summed E-state index contributed by atoms with van der Waals surface area (Å²) in [5.41, 5.74) is 3.92. The first-order valence-electron chi connectivity index (χ1n) is 11.7. The van der Waals surface area contributed by atoms with Crippen LogP contribution < -0.4 is 0 Å². The van der Waals surface area contributed by atoms with Crippen LogP contribution in [0.2, 0.25) is 0 Å². The number of hydrogen-bond donors (Lipinski definition) is 0. The third kappa shape index (κ3) is 4.13. The first-order valence-corrected chi connectivity index (χ1v) is 11.7. The standard InChI is InChI=1S/C24H33N5O2/c1-18-6-7-19(2)20(15-18)16-27-13-14-31-24(17-27)8-11-28(12-9-24)23(30)22-26-25-21-5-3-4-10-29(21)22/h6-7,15H,3-5,8-14,16-17H2,1-2H3. The molecule has 3 aliphatic rings. The number of nitrogens with zero attached hydrogens (tertiary/aromatic N) is 5. The minimum absolute atomic E-state index is 0.0264. The average Bonchev–Trinajstić information content (AvgIpc) is 3.21. The number of fused-ring (bicyclic) bond motifs is 1. The van der Waals surface area contributed by atoms with E-state index >= 15 is 0 Å². The smallest absolute Gasteiger partial charge is 0.291 e. The lowest BCUT2D eigenvalue weighted by Gasteiger charge is -2.47. The third-order valence-corrected chi connectivity index (χ3v) is 7.24. The van der Waals surface area contributed by atoms with Crippen LogP contribution in [0.5, 0.6) is 0 Å². The Balaban J connectivity index is 1.22. The molecule has 5 rings (SSSR count). The average molecular weight is 424 g/mol. The molecule has 2 saturated heterocycles. The summed E-state index contributed by atoms with van der Waals surface area (Å²) in [5, 5.41) is 8.49. The molecule has 0 bridgehead atoms. The normalized spacial score (nSPS) is 21.3. The highest BCUT2D eigenvalue weighted by atomic mass is 16.5. The van der Waals surface area contributed by atoms with Crippen LogP contribution in [0.25, 0.3) is 0 Å². The Morgan fingerprint density at radius 3 is 2.77 bits per heavy atom. The zero-order valence-electron chi connectivity index (χ0n) is 18.8. The summed E-state index contributed by atoms with van der Waals surface area (Å²) < 4.78 is 8.35. The quantitative estimate of drug-likeness (QED) is 0.760. The minimum Gasteiger partial charge on any atom is -0.372 e. The summed E-state index contributed by atoms with van der Waals surface area (Å²) in [6, 6.07) is 6.70. The van der Waals surface area contributed by atoms with Crippen molar-refractivity contribution in [2.75, 3.05) is 32.8 Å². The molecule has 4 heterocycles. The van der Waals surface area contributed by atoms with Crippen LogP contribution in [0.3, 0.4) is 0 Å². The molecule has 0 aliphatic carbocycles. The van der Waals surface area contributed by atoms with Crippen molar-refractivity contribution >= 4 is 5.91 Å². The van der Waals surface area contributed by atoms with E-state index in [0.717, 1.165) is 83.8 Å². The Morgan fingerprint density at radius 1 is 1.10 bits per heavy atom. The van der Waals surface area contributed by atoms with Crippen LogP contribution in [-0.2, 0) is 24.2 Å². The molecule has 0 radical (unpaired) electrons. The Hall–Kier alpha value is -2.25. The van der Waals surface area contributed by atoms with Crippen molar-refractivity contribution in [3.63, 3.8) is 0 Å². The van der Waals surface area contributed by atoms with Crippen LogP contribution in [0, 0.1) is 13.8 Å². The molecule has 7 heteroatoms. The summed E-state index contributed by atoms with van der Waals surface area (Å²) >= 11 is 0. The van der Waals surface area contributed by atoms with Gasteiger partial charge in [0.1, 0.15) is 5.82 Å². The van der Waals surface area contributed by atoms with E-state index in [4.69, 9.17) is 4.74 Å². The Bertz CT molecular complexity index is 961. The Labute approximate surface area is 184 Å². The molecule has 2 aromatic rings. The van der Waals surface area contributed by atoms with Gasteiger partial charge in [0.15, 0.2) is 0 Å². The molecular weight excluding hydrogens is 390 g/mol. The van der Waals surface area contributed by atoms with Crippen molar-refractivity contribution in [3.05, 3.63) is 46.5 Å². The van der Waals surface area contributed by atoms with Gasteiger partial charge < -0.3 is 14.2 Å². The van der Waals surface area contributed by atoms with E-state index in [-0.39, 0.29) is 11.5 Å². The number of likely N-dealkylation sites (tertiary alicyclic amines) is 1. The Morgan fingerprint density at radius 2 is 1.94 bits per heavy atom. The molecule has 2 fully saturated rings. The molecule has 7 nitrogen and oxygen atoms in total. The van der Waals surface area contributed by atoms with E-state index in [2.05, 4.69) is 47.1 Å². The Kier molecular flexibility index (Phi) is 5.56. The topological polar surface area (TPSA) is 63.5 Å². The highest BCUT2D eigenvalue weighted by Gasteiger charge is 2.41. The molecule has 0 atom stereocenters. The predicted octanol–water partition coefficient (Wildman–Crippen LogP) is 2.74. The second-order valence-corrected chi connectivity index (χ2v) is 9.51. The van der Waals surface area contributed by atoms with Gasteiger partial charge in [-0.1, -0.05) is 23.8 Å². The number of ether oxygens (including phenoxy) is 1. The lowest BCUT2D eigenvalue weighted by Crippen LogP contribution is -2.57. The molecule has 3 aliphatic heterocycles. The van der Waals surface area contributed by atoms with E-state index in [1.165, 1.54) is 16.7 Å². The number of benzene rings is 1. The van der Waals surface area contributed by atoms with Gasteiger partial charge in [-0.15, -0.1) is 10.2 Å². The number of rotatable bonds is 3. The summed E-state index contributed by atoms with van der Waals surface area (Å²) in [5.74, 6) is 1.51. The zero-order valence-corrected chi connectivity index (χ0v) is 18.8. The fourth-order valence-electron chi connectivity index (χ4n) is 5.30. The lowest BCUT2D eigenvalue weighted by atomic mass is 9.89. The van der Waals surface area contributed by atoms with Gasteiger partial charge in [0, 0.05) is 45.7 Å². The predicted molar refractivity (Wildman–Crippen MR) is 118 cm³/mol. The molecule has 31 heavy (non-hydrogen) atoms. The van der Waals surface area contributed by atoms with Gasteiger partial charge in [-0.25, -0.2) is 0 Å². The van der Waals surface area contributed by atoms with Crippen molar-refractivity contribution in [1.29, 1.82) is 0 Å². The number of carbonyl (C=O) groups is 1. The van der Waals surface area contributed by atoms with Gasteiger partial charge >= 0.3 is 0 Å². The number of hydrogen-bond acceptors (Lipinski definition) is 5. The maximum absolute atomic E-state index is 13.1. The minimum atomic E-state index is -0.142. The first-order chi connectivity index (χ1) is 15.0. The van der Waals surface area contributed by atoms with Crippen LogP contribution in [0.1, 0.15) is 58.8 Å². The molecule has 0 N–H and O–H groups in total. The molecule has 1 aromatic carbocycles. The second kappa shape index (κ2) is 8.36. The van der Waals surface area contributed by atoms with E-state index in [9.17, 15) is 4.79 Å². The third-order valence-electron chi connectivity index (χ3n) is 7.24. The van der Waals surface area contributed by atoms with Gasteiger partial charge in [0.05, 0.1) is 12.2 Å². The van der Waals surface area contributed by atoms with E-state index in [1.54, 1.807) is 0 Å². The van der Waals surface area contributed by atoms with Crippen LogP contribution >= 0.6 is 0 Å². The summed E-state index contributed by atoms with van der Waals surface area (Å²) in [4.78, 5) is 17.6. The number of aryl methyl sites for hydroxylation is 3. The molecular formula is C24H33N5O2. The van der Waals surface area contributed by atoms with Crippen molar-refractivity contribution in [2.45, 2.75) is 64.6 Å². The summed E-state index contributed by atoms with van der Waals surface area (Å²) in [7, 11) is 0. The van der Waals surface area contributed by atoms with Crippen LogP contribution in [0.15, 0.2) is 18.2 Å². The lowest BCUT2D eigenvalue weighted by molar-refractivity contribution is -0.134. The second-order valence-electron chi connectivity index (χ2n) is 9.51. The number of piperidine rings is 1. The first kappa shape index (κ1) is 20.6. The fourth-order valence-corrected chi connectivity index (χ4v) is 5.30. The highest BCUT2D eigenvalue weighted by molar-refractivity contribution is 5.90. The maximum atomic E-state index is 13.1.